The summed E-state index contributed by atoms with van der Waals surface area (Å²) >= 11 is 4.77. The number of thiocarbonyl (C=S) groups is 1. The van der Waals surface area contributed by atoms with E-state index in [1.807, 2.05) is 4.90 Å². The summed E-state index contributed by atoms with van der Waals surface area (Å²) in [5, 5.41) is 4.74. The Bertz CT molecular complexity index is 1070. The lowest BCUT2D eigenvalue weighted by molar-refractivity contribution is -0.137. The van der Waals surface area contributed by atoms with Gasteiger partial charge in [-0.05, 0) is 48.1 Å². The fraction of sp³-hybridized carbons (Fsp3) is 0.273. The van der Waals surface area contributed by atoms with Gasteiger partial charge in [0.25, 0.3) is 11.8 Å². The number of nitrogens with zero attached hydrogens (tertiary/aromatic N) is 2. The van der Waals surface area contributed by atoms with Gasteiger partial charge in [-0.25, -0.2) is 4.98 Å². The number of benzene rings is 1. The van der Waals surface area contributed by atoms with Crippen LogP contribution in [0.1, 0.15) is 24.0 Å². The molecule has 0 saturated carbocycles. The maximum Gasteiger partial charge on any atom is 0.417 e. The summed E-state index contributed by atoms with van der Waals surface area (Å²) in [4.78, 5) is 29.7. The van der Waals surface area contributed by atoms with Crippen molar-refractivity contribution in [3.8, 4) is 5.75 Å². The third kappa shape index (κ3) is 5.48. The van der Waals surface area contributed by atoms with Gasteiger partial charge in [0.2, 0.25) is 0 Å². The minimum Gasteiger partial charge on any atom is -0.490 e. The Morgan fingerprint density at radius 3 is 2.21 bits per heavy atom. The zero-order valence-corrected chi connectivity index (χ0v) is 18.0. The predicted octanol–water partition coefficient (Wildman–Crippen LogP) is 3.06. The van der Waals surface area contributed by atoms with Gasteiger partial charge in [0.05, 0.1) is 5.56 Å². The lowest BCUT2D eigenvalue weighted by Gasteiger charge is -2.33. The van der Waals surface area contributed by atoms with Crippen molar-refractivity contribution in [3.05, 3.63) is 59.3 Å². The molecular formula is C22H19F3N4O3S. The van der Waals surface area contributed by atoms with Gasteiger partial charge in [-0.15, -0.1) is 0 Å². The second-order valence-electron chi connectivity index (χ2n) is 7.57. The first kappa shape index (κ1) is 22.7. The van der Waals surface area contributed by atoms with Crippen molar-refractivity contribution in [2.75, 3.05) is 18.0 Å². The lowest BCUT2D eigenvalue weighted by atomic mass is 10.1. The average Bonchev–Trinajstić information content (AvgIpc) is 2.77. The monoisotopic (exact) mass is 476 g/mol. The molecular weight excluding hydrogens is 457 g/mol. The maximum absolute atomic E-state index is 12.7. The number of amides is 2. The average molecular weight is 476 g/mol. The van der Waals surface area contributed by atoms with Crippen LogP contribution >= 0.6 is 12.2 Å². The van der Waals surface area contributed by atoms with E-state index in [-0.39, 0.29) is 16.8 Å². The highest BCUT2D eigenvalue weighted by Gasteiger charge is 2.31. The first-order chi connectivity index (χ1) is 15.7. The number of rotatable bonds is 4. The van der Waals surface area contributed by atoms with Gasteiger partial charge in [0, 0.05) is 32.1 Å². The van der Waals surface area contributed by atoms with Crippen LogP contribution in [-0.2, 0) is 15.8 Å². The van der Waals surface area contributed by atoms with Gasteiger partial charge in [-0.3, -0.25) is 20.2 Å². The summed E-state index contributed by atoms with van der Waals surface area (Å²) in [6.07, 6.45) is -0.754. The second-order valence-corrected chi connectivity index (χ2v) is 7.98. The molecule has 2 saturated heterocycles. The van der Waals surface area contributed by atoms with Crippen LogP contribution in [0.2, 0.25) is 0 Å². The molecule has 2 fully saturated rings. The minimum atomic E-state index is -4.40. The number of piperidine rings is 1. The van der Waals surface area contributed by atoms with E-state index >= 15 is 0 Å². The van der Waals surface area contributed by atoms with Crippen LogP contribution in [0, 0.1) is 0 Å². The van der Waals surface area contributed by atoms with Crippen LogP contribution < -0.4 is 20.3 Å². The summed E-state index contributed by atoms with van der Waals surface area (Å²) in [7, 11) is 0. The van der Waals surface area contributed by atoms with Gasteiger partial charge in [0.15, 0.2) is 5.11 Å². The summed E-state index contributed by atoms with van der Waals surface area (Å²) in [5.41, 5.74) is -0.156. The van der Waals surface area contributed by atoms with Gasteiger partial charge < -0.3 is 9.64 Å². The molecule has 3 heterocycles. The quantitative estimate of drug-likeness (QED) is 0.401. The second kappa shape index (κ2) is 9.18. The van der Waals surface area contributed by atoms with E-state index in [1.54, 1.807) is 24.3 Å². The van der Waals surface area contributed by atoms with Crippen molar-refractivity contribution in [2.45, 2.75) is 25.1 Å². The third-order valence-electron chi connectivity index (χ3n) is 5.28. The van der Waals surface area contributed by atoms with E-state index in [0.29, 0.717) is 43.1 Å². The molecule has 33 heavy (non-hydrogen) atoms. The van der Waals surface area contributed by atoms with Crippen LogP contribution in [0.4, 0.5) is 19.0 Å². The minimum absolute atomic E-state index is 0.0222. The standard InChI is InChI=1S/C22H19F3N4O3S/c23-22(24,25)14-3-6-18(26-12-14)29-9-7-16(8-10-29)32-15-4-1-13(2-5-15)11-17-19(30)27-21(33)28-20(17)31/h1-6,11-12,16H,7-10H2,(H2,27,28,30,31,33). The van der Waals surface area contributed by atoms with E-state index in [0.717, 1.165) is 12.3 Å². The first-order valence-electron chi connectivity index (χ1n) is 10.1. The van der Waals surface area contributed by atoms with Crippen molar-refractivity contribution in [3.63, 3.8) is 0 Å². The van der Waals surface area contributed by atoms with Crippen LogP contribution in [0.5, 0.6) is 5.75 Å². The molecule has 0 radical (unpaired) electrons. The Labute approximate surface area is 192 Å². The summed E-state index contributed by atoms with van der Waals surface area (Å²) in [5.74, 6) is 0.0362. The van der Waals surface area contributed by atoms with E-state index < -0.39 is 23.6 Å². The van der Waals surface area contributed by atoms with E-state index in [4.69, 9.17) is 17.0 Å². The number of nitrogens with one attached hydrogen (secondary N) is 2. The smallest absolute Gasteiger partial charge is 0.417 e. The highest BCUT2D eigenvalue weighted by atomic mass is 32.1. The Hall–Kier alpha value is -3.47. The fourth-order valence-electron chi connectivity index (χ4n) is 3.55. The van der Waals surface area contributed by atoms with Crippen LogP contribution in [-0.4, -0.2) is 41.1 Å². The zero-order valence-electron chi connectivity index (χ0n) is 17.2. The number of hydrogen-bond acceptors (Lipinski definition) is 6. The largest absolute Gasteiger partial charge is 0.490 e. The fourth-order valence-corrected chi connectivity index (χ4v) is 3.74. The lowest BCUT2D eigenvalue weighted by Crippen LogP contribution is -2.51. The zero-order chi connectivity index (χ0) is 23.6. The van der Waals surface area contributed by atoms with Gasteiger partial charge >= 0.3 is 6.18 Å². The Morgan fingerprint density at radius 2 is 1.67 bits per heavy atom. The number of ether oxygens (including phenoxy) is 1. The summed E-state index contributed by atoms with van der Waals surface area (Å²) < 4.78 is 44.1. The molecule has 0 unspecified atom stereocenters. The first-order valence-corrected chi connectivity index (χ1v) is 10.5. The Morgan fingerprint density at radius 1 is 1.03 bits per heavy atom. The van der Waals surface area contributed by atoms with E-state index in [1.165, 1.54) is 12.1 Å². The molecule has 2 aliphatic rings. The number of hydrogen-bond donors (Lipinski definition) is 2. The van der Waals surface area contributed by atoms with Gasteiger partial charge in [-0.2, -0.15) is 13.2 Å². The highest BCUT2D eigenvalue weighted by Crippen LogP contribution is 2.30. The molecule has 2 N–H and O–H groups in total. The van der Waals surface area contributed by atoms with Crippen molar-refractivity contribution < 1.29 is 27.5 Å². The van der Waals surface area contributed by atoms with Crippen LogP contribution in [0.15, 0.2) is 48.2 Å². The predicted molar refractivity (Wildman–Crippen MR) is 118 cm³/mol. The number of carbonyl (C=O) groups excluding carboxylic acids is 2. The van der Waals surface area contributed by atoms with Gasteiger partial charge in [-0.1, -0.05) is 12.1 Å². The molecule has 1 aromatic carbocycles. The molecule has 172 valence electrons. The number of aromatic nitrogens is 1. The molecule has 0 spiro atoms. The molecule has 2 aromatic rings. The SMILES string of the molecule is O=C1NC(=S)NC(=O)C1=Cc1ccc(OC2CCN(c3ccc(C(F)(F)F)cn3)CC2)cc1. The molecule has 0 aliphatic carbocycles. The molecule has 11 heteroatoms. The topological polar surface area (TPSA) is 83.6 Å². The van der Waals surface area contributed by atoms with Gasteiger partial charge in [0.1, 0.15) is 23.2 Å². The Balaban J connectivity index is 1.32. The van der Waals surface area contributed by atoms with Crippen LogP contribution in [0.25, 0.3) is 6.08 Å². The number of anilines is 1. The third-order valence-corrected chi connectivity index (χ3v) is 5.48. The van der Waals surface area contributed by atoms with Crippen molar-refractivity contribution >= 4 is 41.0 Å². The van der Waals surface area contributed by atoms with E-state index in [2.05, 4.69) is 15.6 Å². The highest BCUT2D eigenvalue weighted by molar-refractivity contribution is 7.80. The number of pyridine rings is 1. The molecule has 2 aliphatic heterocycles. The maximum atomic E-state index is 12.7. The number of carbonyl (C=O) groups is 2. The molecule has 7 nitrogen and oxygen atoms in total. The van der Waals surface area contributed by atoms with Crippen molar-refractivity contribution in [2.24, 2.45) is 0 Å². The molecule has 0 bridgehead atoms. The van der Waals surface area contributed by atoms with Crippen molar-refractivity contribution in [1.29, 1.82) is 0 Å². The summed E-state index contributed by atoms with van der Waals surface area (Å²) in [6.45, 7) is 1.22. The summed E-state index contributed by atoms with van der Waals surface area (Å²) in [6, 6.07) is 9.39. The molecule has 1 aromatic heterocycles. The normalized spacial score (nSPS) is 17.5. The van der Waals surface area contributed by atoms with Crippen molar-refractivity contribution in [1.82, 2.24) is 15.6 Å². The van der Waals surface area contributed by atoms with Crippen LogP contribution in [0.3, 0.4) is 0 Å². The molecule has 2 amide bonds. The van der Waals surface area contributed by atoms with E-state index in [9.17, 15) is 22.8 Å². The molecule has 0 atom stereocenters. The molecule has 4 rings (SSSR count). The number of halogens is 3. The number of alkyl halides is 3. The Kier molecular flexibility index (Phi) is 6.32.